The summed E-state index contributed by atoms with van der Waals surface area (Å²) < 4.78 is 0. The highest BCUT2D eigenvalue weighted by molar-refractivity contribution is 5.96. The Morgan fingerprint density at radius 3 is 2.83 bits per heavy atom. The van der Waals surface area contributed by atoms with Crippen LogP contribution < -0.4 is 5.32 Å². The lowest BCUT2D eigenvalue weighted by molar-refractivity contribution is -0.141. The molecule has 1 amide bonds. The van der Waals surface area contributed by atoms with E-state index in [1.807, 2.05) is 24.3 Å². The van der Waals surface area contributed by atoms with Crippen molar-refractivity contribution in [2.45, 2.75) is 31.7 Å². The number of para-hydroxylation sites is 1. The van der Waals surface area contributed by atoms with Gasteiger partial charge in [0.15, 0.2) is 0 Å². The van der Waals surface area contributed by atoms with Crippen LogP contribution >= 0.6 is 0 Å². The molecule has 5 heteroatoms. The summed E-state index contributed by atoms with van der Waals surface area (Å²) in [4.78, 5) is 26.4. The smallest absolute Gasteiger partial charge is 0.326 e. The Morgan fingerprint density at radius 2 is 2.13 bits per heavy atom. The van der Waals surface area contributed by atoms with Crippen molar-refractivity contribution >= 4 is 22.8 Å². The summed E-state index contributed by atoms with van der Waals surface area (Å²) in [7, 11) is 0. The summed E-state index contributed by atoms with van der Waals surface area (Å²) in [5.41, 5.74) is 1.81. The molecule has 0 aliphatic heterocycles. The van der Waals surface area contributed by atoms with Crippen LogP contribution in [-0.4, -0.2) is 28.0 Å². The molecule has 3 N–H and O–H groups in total. The van der Waals surface area contributed by atoms with E-state index in [9.17, 15) is 14.7 Å². The number of hydrogen-bond acceptors (Lipinski definition) is 2. The Morgan fingerprint density at radius 1 is 1.35 bits per heavy atom. The van der Waals surface area contributed by atoms with E-state index < -0.39 is 17.9 Å². The molecule has 1 saturated carbocycles. The number of carboxylic acid groups (broad SMARTS) is 1. The average molecular weight is 310 g/mol. The fourth-order valence-corrected chi connectivity index (χ4v) is 2.64. The van der Waals surface area contributed by atoms with Gasteiger partial charge in [0.05, 0.1) is 0 Å². The number of nitrogens with one attached hydrogen (secondary N) is 2. The number of fused-ring (bicyclic) bond motifs is 1. The van der Waals surface area contributed by atoms with Crippen molar-refractivity contribution in [2.24, 2.45) is 5.92 Å². The lowest BCUT2D eigenvalue weighted by atomic mass is 9.86. The SMILES string of the molecule is O=C(C#CC1CCC1)N[C@H](Cc1c[nH]c2ccccc12)C(=O)O. The number of aliphatic carboxylic acids is 1. The van der Waals surface area contributed by atoms with Gasteiger partial charge in [-0.3, -0.25) is 4.79 Å². The molecule has 0 saturated heterocycles. The second kappa shape index (κ2) is 6.57. The van der Waals surface area contributed by atoms with E-state index in [0.717, 1.165) is 35.7 Å². The summed E-state index contributed by atoms with van der Waals surface area (Å²) in [5, 5.41) is 12.8. The molecule has 1 aliphatic rings. The predicted molar refractivity (Wildman–Crippen MR) is 86.7 cm³/mol. The number of benzene rings is 1. The predicted octanol–water partition coefficient (Wildman–Crippen LogP) is 2.08. The Bertz CT molecular complexity index is 793. The van der Waals surface area contributed by atoms with Gasteiger partial charge in [-0.15, -0.1) is 0 Å². The summed E-state index contributed by atoms with van der Waals surface area (Å²) in [5.74, 6) is 4.11. The van der Waals surface area contributed by atoms with Crippen LogP contribution in [0.5, 0.6) is 0 Å². The number of aromatic nitrogens is 1. The number of aromatic amines is 1. The van der Waals surface area contributed by atoms with E-state index in [0.29, 0.717) is 0 Å². The second-order valence-corrected chi connectivity index (χ2v) is 5.83. The van der Waals surface area contributed by atoms with Gasteiger partial charge in [0.2, 0.25) is 0 Å². The van der Waals surface area contributed by atoms with Gasteiger partial charge in [0.25, 0.3) is 5.91 Å². The van der Waals surface area contributed by atoms with Crippen LogP contribution in [0.2, 0.25) is 0 Å². The number of H-pyrrole nitrogens is 1. The van der Waals surface area contributed by atoms with Crippen LogP contribution in [0, 0.1) is 17.8 Å². The van der Waals surface area contributed by atoms with Crippen molar-refractivity contribution in [3.63, 3.8) is 0 Å². The number of carboxylic acids is 1. The molecule has 1 fully saturated rings. The molecule has 23 heavy (non-hydrogen) atoms. The highest BCUT2D eigenvalue weighted by atomic mass is 16.4. The Hall–Kier alpha value is -2.74. The van der Waals surface area contributed by atoms with Crippen molar-refractivity contribution in [2.75, 3.05) is 0 Å². The largest absolute Gasteiger partial charge is 0.480 e. The van der Waals surface area contributed by atoms with E-state index in [4.69, 9.17) is 0 Å². The average Bonchev–Trinajstić information content (AvgIpc) is 2.88. The zero-order valence-electron chi connectivity index (χ0n) is 12.6. The quantitative estimate of drug-likeness (QED) is 0.756. The fourth-order valence-electron chi connectivity index (χ4n) is 2.64. The third-order valence-corrected chi connectivity index (χ3v) is 4.20. The first kappa shape index (κ1) is 15.2. The molecular weight excluding hydrogens is 292 g/mol. The molecule has 3 rings (SSSR count). The van der Waals surface area contributed by atoms with Crippen LogP contribution in [0.4, 0.5) is 0 Å². The van der Waals surface area contributed by atoms with Gasteiger partial charge in [0.1, 0.15) is 6.04 Å². The van der Waals surface area contributed by atoms with Crippen molar-refractivity contribution < 1.29 is 14.7 Å². The maximum absolute atomic E-state index is 11.8. The van der Waals surface area contributed by atoms with E-state index in [-0.39, 0.29) is 12.3 Å². The summed E-state index contributed by atoms with van der Waals surface area (Å²) in [6.07, 6.45) is 5.21. The molecule has 1 atom stereocenters. The molecule has 0 bridgehead atoms. The molecule has 1 aromatic heterocycles. The van der Waals surface area contributed by atoms with Gasteiger partial charge in [-0.05, 0) is 30.4 Å². The second-order valence-electron chi connectivity index (χ2n) is 5.83. The summed E-state index contributed by atoms with van der Waals surface area (Å²) in [6.45, 7) is 0. The first-order chi connectivity index (χ1) is 11.1. The van der Waals surface area contributed by atoms with Crippen molar-refractivity contribution in [3.05, 3.63) is 36.0 Å². The molecule has 1 heterocycles. The minimum Gasteiger partial charge on any atom is -0.480 e. The van der Waals surface area contributed by atoms with Gasteiger partial charge < -0.3 is 15.4 Å². The fraction of sp³-hybridized carbons (Fsp3) is 0.333. The van der Waals surface area contributed by atoms with E-state index in [1.54, 1.807) is 6.20 Å². The van der Waals surface area contributed by atoms with Crippen molar-refractivity contribution in [3.8, 4) is 11.8 Å². The molecule has 2 aromatic rings. The molecule has 5 nitrogen and oxygen atoms in total. The zero-order valence-corrected chi connectivity index (χ0v) is 12.6. The van der Waals surface area contributed by atoms with Gasteiger partial charge in [-0.25, -0.2) is 4.79 Å². The molecule has 118 valence electrons. The first-order valence-electron chi connectivity index (χ1n) is 7.73. The van der Waals surface area contributed by atoms with Crippen molar-refractivity contribution in [1.82, 2.24) is 10.3 Å². The number of carbonyl (C=O) groups is 2. The van der Waals surface area contributed by atoms with Crippen LogP contribution in [0.25, 0.3) is 10.9 Å². The molecule has 1 aliphatic carbocycles. The molecule has 1 aromatic carbocycles. The lowest BCUT2D eigenvalue weighted by Gasteiger charge is -2.18. The minimum absolute atomic E-state index is 0.218. The lowest BCUT2D eigenvalue weighted by Crippen LogP contribution is -2.41. The third kappa shape index (κ3) is 3.54. The van der Waals surface area contributed by atoms with Crippen molar-refractivity contribution in [1.29, 1.82) is 0 Å². The van der Waals surface area contributed by atoms with Crippen LogP contribution in [-0.2, 0) is 16.0 Å². The maximum Gasteiger partial charge on any atom is 0.326 e. The monoisotopic (exact) mass is 310 g/mol. The molecule has 0 radical (unpaired) electrons. The van der Waals surface area contributed by atoms with Crippen LogP contribution in [0.1, 0.15) is 24.8 Å². The van der Waals surface area contributed by atoms with Gasteiger partial charge in [-0.2, -0.15) is 0 Å². The Kier molecular flexibility index (Phi) is 4.33. The number of rotatable bonds is 4. The maximum atomic E-state index is 11.8. The Balaban J connectivity index is 1.70. The van der Waals surface area contributed by atoms with Gasteiger partial charge >= 0.3 is 5.97 Å². The minimum atomic E-state index is -1.06. The normalized spacial score (nSPS) is 15.3. The van der Waals surface area contributed by atoms with Crippen LogP contribution in [0.3, 0.4) is 0 Å². The summed E-state index contributed by atoms with van der Waals surface area (Å²) >= 11 is 0. The number of amides is 1. The van der Waals surface area contributed by atoms with E-state index in [2.05, 4.69) is 22.1 Å². The first-order valence-corrected chi connectivity index (χ1v) is 7.73. The molecule has 0 spiro atoms. The van der Waals surface area contributed by atoms with E-state index in [1.165, 1.54) is 0 Å². The standard InChI is InChI=1S/C18H18N2O3/c21-17(9-8-12-4-3-5-12)20-16(18(22)23)10-13-11-19-15-7-2-1-6-14(13)15/h1-2,6-7,11-12,16,19H,3-5,10H2,(H,20,21)(H,22,23)/t16-/m1/s1. The van der Waals surface area contributed by atoms with Gasteiger partial charge in [-0.1, -0.05) is 30.5 Å². The third-order valence-electron chi connectivity index (χ3n) is 4.20. The molecule has 0 unspecified atom stereocenters. The highest BCUT2D eigenvalue weighted by Crippen LogP contribution is 2.24. The summed E-state index contributed by atoms with van der Waals surface area (Å²) in [6, 6.07) is 6.68. The van der Waals surface area contributed by atoms with Crippen LogP contribution in [0.15, 0.2) is 30.5 Å². The number of hydrogen-bond donors (Lipinski definition) is 3. The zero-order chi connectivity index (χ0) is 16.2. The highest BCUT2D eigenvalue weighted by Gasteiger charge is 2.21. The van der Waals surface area contributed by atoms with Gasteiger partial charge in [0, 0.05) is 29.4 Å². The molecular formula is C18H18N2O3. The Labute approximate surface area is 134 Å². The number of carbonyl (C=O) groups excluding carboxylic acids is 1. The topological polar surface area (TPSA) is 82.2 Å². The van der Waals surface area contributed by atoms with E-state index >= 15 is 0 Å².